The number of hydrogen-bond donors (Lipinski definition) is 2. The van der Waals surface area contributed by atoms with E-state index in [1.165, 1.54) is 0 Å². The molecule has 0 spiro atoms. The first-order chi connectivity index (χ1) is 12.1. The molecule has 1 fully saturated rings. The first-order valence-electron chi connectivity index (χ1n) is 8.51. The fourth-order valence-electron chi connectivity index (χ4n) is 3.29. The van der Waals surface area contributed by atoms with Gasteiger partial charge in [-0.2, -0.15) is 0 Å². The lowest BCUT2D eigenvalue weighted by Crippen LogP contribution is -2.23. The fourth-order valence-corrected chi connectivity index (χ4v) is 3.29. The van der Waals surface area contributed by atoms with Gasteiger partial charge in [-0.3, -0.25) is 4.79 Å². The van der Waals surface area contributed by atoms with Crippen molar-refractivity contribution in [2.45, 2.75) is 32.1 Å². The summed E-state index contributed by atoms with van der Waals surface area (Å²) in [5.41, 5.74) is 6.12. The van der Waals surface area contributed by atoms with E-state index in [-0.39, 0.29) is 17.5 Å². The number of ether oxygens (including phenoxy) is 1. The van der Waals surface area contributed by atoms with Crippen LogP contribution >= 0.6 is 0 Å². The van der Waals surface area contributed by atoms with Gasteiger partial charge in [0.2, 0.25) is 5.78 Å². The third-order valence-electron chi connectivity index (χ3n) is 4.48. The van der Waals surface area contributed by atoms with Gasteiger partial charge in [-0.1, -0.05) is 31.9 Å². The van der Waals surface area contributed by atoms with Crippen LogP contribution in [0, 0.1) is 5.92 Å². The van der Waals surface area contributed by atoms with Gasteiger partial charge in [0.05, 0.1) is 0 Å². The van der Waals surface area contributed by atoms with Gasteiger partial charge >= 0.3 is 6.03 Å². The zero-order valence-electron chi connectivity index (χ0n) is 14.0. The monoisotopic (exact) mass is 342 g/mol. The number of nitrogens with one attached hydrogen (secondary N) is 1. The number of carbonyl (C=O) groups excluding carboxylic acids is 2. The van der Waals surface area contributed by atoms with Gasteiger partial charge in [-0.15, -0.1) is 0 Å². The quantitative estimate of drug-likeness (QED) is 0.606. The van der Waals surface area contributed by atoms with Gasteiger partial charge in [0.15, 0.2) is 5.76 Å². The summed E-state index contributed by atoms with van der Waals surface area (Å²) in [7, 11) is 0. The molecule has 2 aromatic rings. The Hall–Kier alpha value is -2.76. The summed E-state index contributed by atoms with van der Waals surface area (Å²) in [4.78, 5) is 24.3. The van der Waals surface area contributed by atoms with Gasteiger partial charge in [0.25, 0.3) is 0 Å². The van der Waals surface area contributed by atoms with Gasteiger partial charge in [-0.25, -0.2) is 4.79 Å². The number of ketones is 1. The molecule has 6 heteroatoms. The highest BCUT2D eigenvalue weighted by atomic mass is 16.5. The molecule has 132 valence electrons. The first kappa shape index (κ1) is 17.1. The number of primary amides is 1. The fraction of sp³-hybridized carbons (Fsp3) is 0.368. The number of amides is 2. The highest BCUT2D eigenvalue weighted by Gasteiger charge is 2.29. The second kappa shape index (κ2) is 7.42. The highest BCUT2D eigenvalue weighted by molar-refractivity contribution is 6.11. The van der Waals surface area contributed by atoms with E-state index >= 15 is 0 Å². The number of anilines is 1. The molecular weight excluding hydrogens is 320 g/mol. The molecule has 0 saturated heterocycles. The summed E-state index contributed by atoms with van der Waals surface area (Å²) in [6, 6.07) is 4.46. The molecule has 1 saturated carbocycles. The number of furan rings is 1. The van der Waals surface area contributed by atoms with Crippen molar-refractivity contribution >= 4 is 28.5 Å². The Morgan fingerprint density at radius 3 is 2.76 bits per heavy atom. The minimum atomic E-state index is -0.738. The van der Waals surface area contributed by atoms with Crippen molar-refractivity contribution in [3.05, 3.63) is 36.6 Å². The Labute approximate surface area is 146 Å². The molecule has 0 atom stereocenters. The summed E-state index contributed by atoms with van der Waals surface area (Å²) in [5.74, 6) is 0.617. The van der Waals surface area contributed by atoms with E-state index in [2.05, 4.69) is 11.9 Å². The van der Waals surface area contributed by atoms with Crippen molar-refractivity contribution < 1.29 is 18.7 Å². The van der Waals surface area contributed by atoms with E-state index in [9.17, 15) is 9.59 Å². The Morgan fingerprint density at radius 1 is 1.32 bits per heavy atom. The summed E-state index contributed by atoms with van der Waals surface area (Å²) in [5, 5.41) is 3.15. The van der Waals surface area contributed by atoms with Crippen molar-refractivity contribution in [2.75, 3.05) is 11.9 Å². The van der Waals surface area contributed by atoms with Crippen LogP contribution in [0.15, 0.2) is 35.3 Å². The minimum absolute atomic E-state index is 0.0702. The van der Waals surface area contributed by atoms with Crippen LogP contribution in [0.2, 0.25) is 0 Å². The second-order valence-corrected chi connectivity index (χ2v) is 6.25. The van der Waals surface area contributed by atoms with Gasteiger partial charge in [0, 0.05) is 11.3 Å². The third kappa shape index (κ3) is 3.68. The maximum atomic E-state index is 12.9. The molecule has 6 nitrogen and oxygen atoms in total. The molecule has 2 amide bonds. The van der Waals surface area contributed by atoms with Gasteiger partial charge in [-0.05, 0) is 31.0 Å². The Morgan fingerprint density at radius 2 is 2.08 bits per heavy atom. The highest BCUT2D eigenvalue weighted by Crippen LogP contribution is 2.37. The number of Topliss-reactive ketones (excluding diaryl/α,β-unsaturated/α-hetero) is 1. The third-order valence-corrected chi connectivity index (χ3v) is 4.48. The number of rotatable bonds is 6. The number of benzene rings is 1. The average molecular weight is 342 g/mol. The van der Waals surface area contributed by atoms with Crippen LogP contribution in [-0.4, -0.2) is 18.4 Å². The van der Waals surface area contributed by atoms with Crippen molar-refractivity contribution in [1.82, 2.24) is 0 Å². The zero-order valence-corrected chi connectivity index (χ0v) is 14.0. The van der Waals surface area contributed by atoms with E-state index in [0.717, 1.165) is 32.1 Å². The smallest absolute Gasteiger partial charge is 0.316 e. The van der Waals surface area contributed by atoms with Crippen LogP contribution in [-0.2, 0) is 0 Å². The van der Waals surface area contributed by atoms with E-state index in [1.807, 2.05) is 0 Å². The maximum absolute atomic E-state index is 12.9. The molecule has 0 aliphatic heterocycles. The lowest BCUT2D eigenvalue weighted by molar-refractivity contribution is 0.0864. The van der Waals surface area contributed by atoms with Crippen LogP contribution in [0.3, 0.4) is 0 Å². The van der Waals surface area contributed by atoms with Gasteiger partial charge in [0.1, 0.15) is 23.6 Å². The molecule has 1 aromatic heterocycles. The molecule has 1 heterocycles. The summed E-state index contributed by atoms with van der Waals surface area (Å²) in [6.07, 6.45) is 6.56. The maximum Gasteiger partial charge on any atom is 0.316 e. The van der Waals surface area contributed by atoms with Crippen molar-refractivity contribution in [1.29, 1.82) is 0 Å². The lowest BCUT2D eigenvalue weighted by Gasteiger charge is -2.19. The molecule has 3 N–H and O–H groups in total. The SMILES string of the molecule is C=CCOc1ccc2oc(C(=O)C3CCCCC3)c(NC(N)=O)c2c1. The number of carbonyl (C=O) groups is 2. The summed E-state index contributed by atoms with van der Waals surface area (Å²) < 4.78 is 11.3. The van der Waals surface area contributed by atoms with Crippen LogP contribution in [0.4, 0.5) is 10.5 Å². The van der Waals surface area contributed by atoms with Crippen LogP contribution < -0.4 is 15.8 Å². The van der Waals surface area contributed by atoms with E-state index in [4.69, 9.17) is 14.9 Å². The number of hydrogen-bond acceptors (Lipinski definition) is 4. The van der Waals surface area contributed by atoms with Crippen molar-refractivity contribution in [3.8, 4) is 5.75 Å². The van der Waals surface area contributed by atoms with Crippen LogP contribution in [0.25, 0.3) is 11.0 Å². The van der Waals surface area contributed by atoms with Crippen LogP contribution in [0.1, 0.15) is 42.7 Å². The second-order valence-electron chi connectivity index (χ2n) is 6.25. The average Bonchev–Trinajstić information content (AvgIpc) is 2.97. The molecule has 1 aromatic carbocycles. The predicted octanol–water partition coefficient (Wildman–Crippen LogP) is 4.25. The van der Waals surface area contributed by atoms with Crippen molar-refractivity contribution in [3.63, 3.8) is 0 Å². The molecule has 1 aliphatic carbocycles. The molecule has 0 radical (unpaired) electrons. The minimum Gasteiger partial charge on any atom is -0.490 e. The molecule has 0 unspecified atom stereocenters. The van der Waals surface area contributed by atoms with Gasteiger partial charge < -0.3 is 20.2 Å². The topological polar surface area (TPSA) is 94.6 Å². The number of urea groups is 1. The molecule has 3 rings (SSSR count). The molecular formula is C19H22N2O4. The normalized spacial score (nSPS) is 15.0. The Bertz CT molecular complexity index is 803. The largest absolute Gasteiger partial charge is 0.490 e. The number of fused-ring (bicyclic) bond motifs is 1. The van der Waals surface area contributed by atoms with E-state index in [0.29, 0.717) is 29.0 Å². The standard InChI is InChI=1S/C19H22N2O4/c1-2-10-24-13-8-9-15-14(11-13)16(21-19(20)23)18(25-15)17(22)12-6-4-3-5-7-12/h2,8-9,11-12H,1,3-7,10H2,(H3,20,21,23). The van der Waals surface area contributed by atoms with Crippen molar-refractivity contribution in [2.24, 2.45) is 11.7 Å². The lowest BCUT2D eigenvalue weighted by atomic mass is 9.85. The Kier molecular flexibility index (Phi) is 5.07. The van der Waals surface area contributed by atoms with E-state index in [1.54, 1.807) is 24.3 Å². The Balaban J connectivity index is 2.02. The van der Waals surface area contributed by atoms with E-state index < -0.39 is 6.03 Å². The zero-order chi connectivity index (χ0) is 17.8. The first-order valence-corrected chi connectivity index (χ1v) is 8.51. The molecule has 25 heavy (non-hydrogen) atoms. The predicted molar refractivity (Wildman–Crippen MR) is 96.0 cm³/mol. The molecule has 1 aliphatic rings. The van der Waals surface area contributed by atoms with Crippen LogP contribution in [0.5, 0.6) is 5.75 Å². The number of nitrogens with two attached hydrogens (primary N) is 1. The summed E-state index contributed by atoms with van der Waals surface area (Å²) in [6.45, 7) is 3.97. The summed E-state index contributed by atoms with van der Waals surface area (Å²) >= 11 is 0. The molecule has 0 bridgehead atoms.